The largest absolute Gasteiger partial charge is 0.361 e. The van der Waals surface area contributed by atoms with Gasteiger partial charge in [-0.1, -0.05) is 48.0 Å². The second-order valence-electron chi connectivity index (χ2n) is 7.02. The number of para-hydroxylation sites is 1. The lowest BCUT2D eigenvalue weighted by atomic mass is 9.88. The molecule has 2 heterocycles. The van der Waals surface area contributed by atoms with Gasteiger partial charge < -0.3 is 10.3 Å². The molecular formula is C24H22ClN3O. The van der Waals surface area contributed by atoms with Gasteiger partial charge in [0.25, 0.3) is 0 Å². The summed E-state index contributed by atoms with van der Waals surface area (Å²) in [5.74, 6) is -0.0733. The summed E-state index contributed by atoms with van der Waals surface area (Å²) >= 11 is 6.24. The number of pyridine rings is 1. The number of hydrogen-bond acceptors (Lipinski definition) is 2. The molecule has 0 aliphatic heterocycles. The Balaban J connectivity index is 1.53. The normalized spacial score (nSPS) is 12.0. The van der Waals surface area contributed by atoms with Crippen LogP contribution in [0.5, 0.6) is 0 Å². The molecule has 4 nitrogen and oxygen atoms in total. The molecule has 146 valence electrons. The second-order valence-corrected chi connectivity index (χ2v) is 7.46. The van der Waals surface area contributed by atoms with E-state index in [1.54, 1.807) is 6.20 Å². The number of amides is 1. The maximum absolute atomic E-state index is 12.8. The average Bonchev–Trinajstić information content (AvgIpc) is 3.17. The minimum absolute atomic E-state index is 0.0104. The fraction of sp³-hybridized carbons (Fsp3) is 0.167. The third-order valence-electron chi connectivity index (χ3n) is 5.07. The summed E-state index contributed by atoms with van der Waals surface area (Å²) in [7, 11) is 0. The zero-order chi connectivity index (χ0) is 20.1. The van der Waals surface area contributed by atoms with Crippen molar-refractivity contribution in [1.29, 1.82) is 0 Å². The predicted octanol–water partition coefficient (Wildman–Crippen LogP) is 5.10. The molecule has 0 aliphatic rings. The summed E-state index contributed by atoms with van der Waals surface area (Å²) < 4.78 is 0. The average molecular weight is 404 g/mol. The summed E-state index contributed by atoms with van der Waals surface area (Å²) in [5, 5.41) is 4.83. The molecule has 5 heteroatoms. The Hall–Kier alpha value is -3.11. The maximum Gasteiger partial charge on any atom is 0.220 e. The minimum atomic E-state index is -0.0836. The van der Waals surface area contributed by atoms with E-state index in [2.05, 4.69) is 21.4 Å². The Morgan fingerprint density at radius 3 is 2.76 bits per heavy atom. The monoisotopic (exact) mass is 403 g/mol. The minimum Gasteiger partial charge on any atom is -0.361 e. The summed E-state index contributed by atoms with van der Waals surface area (Å²) in [4.78, 5) is 20.4. The van der Waals surface area contributed by atoms with Crippen molar-refractivity contribution in [3.63, 3.8) is 0 Å². The van der Waals surface area contributed by atoms with E-state index in [0.717, 1.165) is 27.7 Å². The first-order valence-electron chi connectivity index (χ1n) is 9.69. The van der Waals surface area contributed by atoms with Crippen LogP contribution in [0.4, 0.5) is 0 Å². The highest BCUT2D eigenvalue weighted by atomic mass is 35.5. The molecule has 1 unspecified atom stereocenters. The topological polar surface area (TPSA) is 57.8 Å². The Bertz CT molecular complexity index is 1110. The van der Waals surface area contributed by atoms with E-state index >= 15 is 0 Å². The molecule has 29 heavy (non-hydrogen) atoms. The molecule has 4 rings (SSSR count). The van der Waals surface area contributed by atoms with Crippen LogP contribution in [-0.4, -0.2) is 22.4 Å². The van der Waals surface area contributed by atoms with Crippen LogP contribution in [0.2, 0.25) is 5.02 Å². The molecule has 0 spiro atoms. The Kier molecular flexibility index (Phi) is 5.92. The van der Waals surface area contributed by atoms with Gasteiger partial charge in [-0.25, -0.2) is 0 Å². The first-order chi connectivity index (χ1) is 14.2. The van der Waals surface area contributed by atoms with E-state index in [4.69, 9.17) is 11.6 Å². The number of halogens is 1. The number of aromatic nitrogens is 2. The van der Waals surface area contributed by atoms with Gasteiger partial charge in [0.15, 0.2) is 0 Å². The first kappa shape index (κ1) is 19.2. The molecular weight excluding hydrogens is 382 g/mol. The predicted molar refractivity (Wildman–Crippen MR) is 117 cm³/mol. The molecule has 0 saturated heterocycles. The van der Waals surface area contributed by atoms with Crippen LogP contribution in [-0.2, 0) is 11.2 Å². The molecule has 1 amide bonds. The van der Waals surface area contributed by atoms with Gasteiger partial charge in [0.1, 0.15) is 0 Å². The lowest BCUT2D eigenvalue weighted by Gasteiger charge is -2.17. The van der Waals surface area contributed by atoms with Crippen molar-refractivity contribution in [2.45, 2.75) is 18.8 Å². The van der Waals surface area contributed by atoms with Gasteiger partial charge in [-0.3, -0.25) is 9.78 Å². The molecule has 4 aromatic rings. The van der Waals surface area contributed by atoms with Gasteiger partial charge in [0.2, 0.25) is 5.91 Å². The van der Waals surface area contributed by atoms with Crippen LogP contribution in [0.3, 0.4) is 0 Å². The Morgan fingerprint density at radius 2 is 1.93 bits per heavy atom. The highest BCUT2D eigenvalue weighted by molar-refractivity contribution is 6.30. The third-order valence-corrected chi connectivity index (χ3v) is 5.30. The van der Waals surface area contributed by atoms with Crippen LogP contribution in [0.15, 0.2) is 79.1 Å². The summed E-state index contributed by atoms with van der Waals surface area (Å²) in [6, 6.07) is 21.7. The fourth-order valence-corrected chi connectivity index (χ4v) is 3.85. The smallest absolute Gasteiger partial charge is 0.220 e. The molecule has 0 radical (unpaired) electrons. The van der Waals surface area contributed by atoms with Crippen molar-refractivity contribution >= 4 is 28.4 Å². The van der Waals surface area contributed by atoms with Crippen molar-refractivity contribution in [3.8, 4) is 0 Å². The first-order valence-corrected chi connectivity index (χ1v) is 10.1. The molecule has 2 aromatic heterocycles. The van der Waals surface area contributed by atoms with E-state index in [0.29, 0.717) is 24.4 Å². The molecule has 0 bridgehead atoms. The lowest BCUT2D eigenvalue weighted by Crippen LogP contribution is -2.27. The molecule has 2 N–H and O–H groups in total. The summed E-state index contributed by atoms with van der Waals surface area (Å²) in [6.45, 7) is 0.562. The highest BCUT2D eigenvalue weighted by Crippen LogP contribution is 2.34. The van der Waals surface area contributed by atoms with E-state index in [1.807, 2.05) is 66.9 Å². The van der Waals surface area contributed by atoms with Gasteiger partial charge in [-0.15, -0.1) is 0 Å². The maximum atomic E-state index is 12.8. The number of fused-ring (bicyclic) bond motifs is 1. The van der Waals surface area contributed by atoms with Crippen LogP contribution in [0.1, 0.15) is 29.2 Å². The third kappa shape index (κ3) is 4.66. The van der Waals surface area contributed by atoms with Crippen molar-refractivity contribution in [3.05, 3.63) is 101 Å². The van der Waals surface area contributed by atoms with Gasteiger partial charge in [-0.2, -0.15) is 0 Å². The van der Waals surface area contributed by atoms with Crippen LogP contribution < -0.4 is 5.32 Å². The number of nitrogens with zero attached hydrogens (tertiary/aromatic N) is 1. The van der Waals surface area contributed by atoms with Gasteiger partial charge in [0.05, 0.1) is 0 Å². The number of carbonyl (C=O) groups excluding carboxylic acids is 1. The molecule has 1 atom stereocenters. The molecule has 0 saturated carbocycles. The van der Waals surface area contributed by atoms with Crippen LogP contribution >= 0.6 is 11.6 Å². The quantitative estimate of drug-likeness (QED) is 0.451. The summed E-state index contributed by atoms with van der Waals surface area (Å²) in [6.07, 6.45) is 4.83. The fourth-order valence-electron chi connectivity index (χ4n) is 3.65. The number of aromatic amines is 1. The van der Waals surface area contributed by atoms with E-state index < -0.39 is 0 Å². The summed E-state index contributed by atoms with van der Waals surface area (Å²) in [5.41, 5.74) is 4.16. The highest BCUT2D eigenvalue weighted by Gasteiger charge is 2.21. The van der Waals surface area contributed by atoms with Crippen molar-refractivity contribution in [1.82, 2.24) is 15.3 Å². The molecule has 0 fully saturated rings. The van der Waals surface area contributed by atoms with Crippen molar-refractivity contribution < 1.29 is 4.79 Å². The zero-order valence-corrected chi connectivity index (χ0v) is 16.7. The standard InChI is InChI=1S/C24H22ClN3O/c25-18-7-5-6-17(14-18)21(22-16-28-23-10-2-1-9-20(22)23)15-24(29)27-13-11-19-8-3-4-12-26-19/h1-10,12,14,16,21,28H,11,13,15H2,(H,27,29). The van der Waals surface area contributed by atoms with E-state index in [-0.39, 0.29) is 11.8 Å². The molecule has 2 aromatic carbocycles. The number of benzene rings is 2. The van der Waals surface area contributed by atoms with Crippen LogP contribution in [0, 0.1) is 0 Å². The van der Waals surface area contributed by atoms with Crippen molar-refractivity contribution in [2.24, 2.45) is 0 Å². The van der Waals surface area contributed by atoms with Gasteiger partial charge >= 0.3 is 0 Å². The number of hydrogen-bond donors (Lipinski definition) is 2. The zero-order valence-electron chi connectivity index (χ0n) is 15.9. The van der Waals surface area contributed by atoms with Crippen molar-refractivity contribution in [2.75, 3.05) is 6.54 Å². The lowest BCUT2D eigenvalue weighted by molar-refractivity contribution is -0.121. The second kappa shape index (κ2) is 8.93. The van der Waals surface area contributed by atoms with Crippen LogP contribution in [0.25, 0.3) is 10.9 Å². The van der Waals surface area contributed by atoms with Gasteiger partial charge in [0, 0.05) is 59.3 Å². The molecule has 0 aliphatic carbocycles. The number of H-pyrrole nitrogens is 1. The van der Waals surface area contributed by atoms with E-state index in [1.165, 1.54) is 0 Å². The number of carbonyl (C=O) groups is 1. The number of rotatable bonds is 7. The van der Waals surface area contributed by atoms with E-state index in [9.17, 15) is 4.79 Å². The van der Waals surface area contributed by atoms with Gasteiger partial charge in [-0.05, 0) is 41.5 Å². The Morgan fingerprint density at radius 1 is 1.07 bits per heavy atom. The number of nitrogens with one attached hydrogen (secondary N) is 2. The SMILES string of the molecule is O=C(CC(c1cccc(Cl)c1)c1c[nH]c2ccccc12)NCCc1ccccn1. The Labute approximate surface area is 174 Å².